The van der Waals surface area contributed by atoms with Crippen LogP contribution in [0.5, 0.6) is 5.75 Å². The topological polar surface area (TPSA) is 84.9 Å². The standard InChI is InChI=1S/C15H22N2O5S/c1-3-22-13-4-6-14(7-5-13)23(19,20)17-10-8-12(9-11-17)16-15(18)21-2/h4-7,12H,3,8-11H2,1-2H3,(H,16,18). The van der Waals surface area contributed by atoms with Crippen molar-refractivity contribution in [3.8, 4) is 5.75 Å². The van der Waals surface area contributed by atoms with E-state index < -0.39 is 16.1 Å². The summed E-state index contributed by atoms with van der Waals surface area (Å²) in [6, 6.07) is 6.36. The largest absolute Gasteiger partial charge is 0.494 e. The maximum Gasteiger partial charge on any atom is 0.407 e. The molecule has 0 spiro atoms. The first kappa shape index (κ1) is 17.6. The Morgan fingerprint density at radius 1 is 1.26 bits per heavy atom. The molecule has 23 heavy (non-hydrogen) atoms. The van der Waals surface area contributed by atoms with E-state index in [1.807, 2.05) is 6.92 Å². The zero-order valence-electron chi connectivity index (χ0n) is 13.3. The van der Waals surface area contributed by atoms with E-state index in [1.54, 1.807) is 24.3 Å². The Hall–Kier alpha value is -1.80. The van der Waals surface area contributed by atoms with Crippen LogP contribution in [0.2, 0.25) is 0 Å². The molecular weight excluding hydrogens is 320 g/mol. The number of hydrogen-bond acceptors (Lipinski definition) is 5. The van der Waals surface area contributed by atoms with E-state index in [-0.39, 0.29) is 10.9 Å². The number of sulfonamides is 1. The van der Waals surface area contributed by atoms with Gasteiger partial charge < -0.3 is 14.8 Å². The van der Waals surface area contributed by atoms with Gasteiger partial charge in [0.1, 0.15) is 5.75 Å². The molecule has 1 aliphatic heterocycles. The summed E-state index contributed by atoms with van der Waals surface area (Å²) in [5.41, 5.74) is 0. The molecule has 0 aliphatic carbocycles. The van der Waals surface area contributed by atoms with Gasteiger partial charge >= 0.3 is 6.09 Å². The number of piperidine rings is 1. The molecule has 128 valence electrons. The van der Waals surface area contributed by atoms with E-state index in [4.69, 9.17) is 4.74 Å². The van der Waals surface area contributed by atoms with Gasteiger partial charge in [-0.25, -0.2) is 13.2 Å². The maximum absolute atomic E-state index is 12.6. The molecule has 0 bridgehead atoms. The van der Waals surface area contributed by atoms with Gasteiger partial charge in [0.2, 0.25) is 10.0 Å². The van der Waals surface area contributed by atoms with Gasteiger partial charge in [-0.3, -0.25) is 0 Å². The van der Waals surface area contributed by atoms with Crippen LogP contribution in [-0.2, 0) is 14.8 Å². The quantitative estimate of drug-likeness (QED) is 0.878. The third-order valence-electron chi connectivity index (χ3n) is 3.73. The monoisotopic (exact) mass is 342 g/mol. The fraction of sp³-hybridized carbons (Fsp3) is 0.533. The molecule has 1 aliphatic rings. The number of benzene rings is 1. The van der Waals surface area contributed by atoms with E-state index in [9.17, 15) is 13.2 Å². The van der Waals surface area contributed by atoms with Crippen molar-refractivity contribution in [3.05, 3.63) is 24.3 Å². The van der Waals surface area contributed by atoms with Gasteiger partial charge in [-0.2, -0.15) is 4.31 Å². The van der Waals surface area contributed by atoms with Crippen LogP contribution in [0.4, 0.5) is 4.79 Å². The molecule has 1 saturated heterocycles. The number of nitrogens with zero attached hydrogens (tertiary/aromatic N) is 1. The Kier molecular flexibility index (Phi) is 5.84. The van der Waals surface area contributed by atoms with Crippen LogP contribution in [0.3, 0.4) is 0 Å². The lowest BCUT2D eigenvalue weighted by atomic mass is 10.1. The Labute approximate surface area is 136 Å². The molecule has 8 heteroatoms. The van der Waals surface area contributed by atoms with Crippen LogP contribution in [0.15, 0.2) is 29.2 Å². The van der Waals surface area contributed by atoms with Gasteiger partial charge in [0.15, 0.2) is 0 Å². The molecule has 0 radical (unpaired) electrons. The molecule has 1 aromatic rings. The number of carbonyl (C=O) groups excluding carboxylic acids is 1. The van der Waals surface area contributed by atoms with Gasteiger partial charge in [-0.15, -0.1) is 0 Å². The summed E-state index contributed by atoms with van der Waals surface area (Å²) in [6.07, 6.45) is 0.634. The SMILES string of the molecule is CCOc1ccc(S(=O)(=O)N2CCC(NC(=O)OC)CC2)cc1. The average molecular weight is 342 g/mol. The second kappa shape index (κ2) is 7.65. The third kappa shape index (κ3) is 4.35. The first-order valence-corrected chi connectivity index (χ1v) is 8.99. The Morgan fingerprint density at radius 2 is 1.87 bits per heavy atom. The summed E-state index contributed by atoms with van der Waals surface area (Å²) in [5, 5.41) is 2.70. The normalized spacial score (nSPS) is 16.8. The first-order valence-electron chi connectivity index (χ1n) is 7.55. The number of rotatable bonds is 5. The molecule has 0 atom stereocenters. The van der Waals surface area contributed by atoms with Gasteiger partial charge in [0, 0.05) is 19.1 Å². The van der Waals surface area contributed by atoms with Crippen LogP contribution in [0.25, 0.3) is 0 Å². The molecule has 1 heterocycles. The number of nitrogens with one attached hydrogen (secondary N) is 1. The zero-order valence-corrected chi connectivity index (χ0v) is 14.1. The fourth-order valence-corrected chi connectivity index (χ4v) is 3.96. The summed E-state index contributed by atoms with van der Waals surface area (Å²) in [6.45, 7) is 3.14. The van der Waals surface area contributed by atoms with E-state index in [0.717, 1.165) is 0 Å². The summed E-state index contributed by atoms with van der Waals surface area (Å²) >= 11 is 0. The summed E-state index contributed by atoms with van der Waals surface area (Å²) in [7, 11) is -2.21. The van der Waals surface area contributed by atoms with Crippen molar-refractivity contribution in [1.82, 2.24) is 9.62 Å². The predicted octanol–water partition coefficient (Wildman–Crippen LogP) is 1.59. The lowest BCUT2D eigenvalue weighted by Crippen LogP contribution is -2.46. The van der Waals surface area contributed by atoms with E-state index in [0.29, 0.717) is 38.3 Å². The lowest BCUT2D eigenvalue weighted by molar-refractivity contribution is 0.161. The molecule has 1 N–H and O–H groups in total. The van der Waals surface area contributed by atoms with Crippen molar-refractivity contribution in [3.63, 3.8) is 0 Å². The minimum Gasteiger partial charge on any atom is -0.494 e. The van der Waals surface area contributed by atoms with Crippen LogP contribution in [0, 0.1) is 0 Å². The fourth-order valence-electron chi connectivity index (χ4n) is 2.49. The van der Waals surface area contributed by atoms with Gasteiger partial charge in [0.25, 0.3) is 0 Å². The minimum atomic E-state index is -3.52. The minimum absolute atomic E-state index is 0.0609. The molecule has 2 rings (SSSR count). The first-order chi connectivity index (χ1) is 11.0. The van der Waals surface area contributed by atoms with E-state index >= 15 is 0 Å². The average Bonchev–Trinajstić information content (AvgIpc) is 2.56. The summed E-state index contributed by atoms with van der Waals surface area (Å²) in [5.74, 6) is 0.646. The summed E-state index contributed by atoms with van der Waals surface area (Å²) in [4.78, 5) is 11.4. The molecule has 0 aromatic heterocycles. The predicted molar refractivity (Wildman–Crippen MR) is 84.9 cm³/mol. The highest BCUT2D eigenvalue weighted by Gasteiger charge is 2.30. The second-order valence-corrected chi connectivity index (χ2v) is 7.16. The van der Waals surface area contributed by atoms with Crippen molar-refractivity contribution in [2.24, 2.45) is 0 Å². The van der Waals surface area contributed by atoms with Crippen molar-refractivity contribution < 1.29 is 22.7 Å². The Bertz CT molecular complexity index is 622. The van der Waals surface area contributed by atoms with E-state index in [2.05, 4.69) is 10.1 Å². The number of alkyl carbamates (subject to hydrolysis) is 1. The molecule has 0 unspecified atom stereocenters. The molecule has 1 aromatic carbocycles. The maximum atomic E-state index is 12.6. The summed E-state index contributed by atoms with van der Waals surface area (Å²) < 4.78 is 36.5. The third-order valence-corrected chi connectivity index (χ3v) is 5.65. The highest BCUT2D eigenvalue weighted by Crippen LogP contribution is 2.23. The smallest absolute Gasteiger partial charge is 0.407 e. The van der Waals surface area contributed by atoms with Crippen LogP contribution in [-0.4, -0.2) is 51.7 Å². The Morgan fingerprint density at radius 3 is 2.39 bits per heavy atom. The van der Waals surface area contributed by atoms with Crippen LogP contribution < -0.4 is 10.1 Å². The van der Waals surface area contributed by atoms with Crippen LogP contribution in [0.1, 0.15) is 19.8 Å². The van der Waals surface area contributed by atoms with Gasteiger partial charge in [0.05, 0.1) is 18.6 Å². The van der Waals surface area contributed by atoms with Crippen LogP contribution >= 0.6 is 0 Å². The number of carbonyl (C=O) groups is 1. The number of amides is 1. The Balaban J connectivity index is 1.99. The highest BCUT2D eigenvalue weighted by atomic mass is 32.2. The number of methoxy groups -OCH3 is 1. The van der Waals surface area contributed by atoms with E-state index in [1.165, 1.54) is 11.4 Å². The second-order valence-electron chi connectivity index (χ2n) is 5.22. The highest BCUT2D eigenvalue weighted by molar-refractivity contribution is 7.89. The van der Waals surface area contributed by atoms with Crippen molar-refractivity contribution in [2.75, 3.05) is 26.8 Å². The molecule has 0 saturated carbocycles. The van der Waals surface area contributed by atoms with Crippen molar-refractivity contribution in [2.45, 2.75) is 30.7 Å². The lowest BCUT2D eigenvalue weighted by Gasteiger charge is -2.31. The van der Waals surface area contributed by atoms with Gasteiger partial charge in [-0.05, 0) is 44.0 Å². The van der Waals surface area contributed by atoms with Crippen molar-refractivity contribution in [1.29, 1.82) is 0 Å². The number of ether oxygens (including phenoxy) is 2. The molecule has 1 amide bonds. The number of hydrogen-bond donors (Lipinski definition) is 1. The molecular formula is C15H22N2O5S. The van der Waals surface area contributed by atoms with Gasteiger partial charge in [-0.1, -0.05) is 0 Å². The molecule has 7 nitrogen and oxygen atoms in total. The van der Waals surface area contributed by atoms with Crippen molar-refractivity contribution >= 4 is 16.1 Å². The zero-order chi connectivity index (χ0) is 16.9. The molecule has 1 fully saturated rings.